The van der Waals surface area contributed by atoms with E-state index in [9.17, 15) is 9.59 Å². The first kappa shape index (κ1) is 14.2. The van der Waals surface area contributed by atoms with Crippen LogP contribution in [0.5, 0.6) is 0 Å². The maximum Gasteiger partial charge on any atom is 0.336 e. The van der Waals surface area contributed by atoms with Crippen LogP contribution in [0.15, 0.2) is 11.6 Å². The molecule has 4 aliphatic heterocycles. The number of amides is 1. The van der Waals surface area contributed by atoms with E-state index in [1.165, 1.54) is 0 Å². The summed E-state index contributed by atoms with van der Waals surface area (Å²) in [6.45, 7) is 4.75. The molecular weight excluding hydrogens is 282 g/mol. The lowest BCUT2D eigenvalue weighted by Gasteiger charge is -2.34. The summed E-state index contributed by atoms with van der Waals surface area (Å²) in [6, 6.07) is 0.248. The van der Waals surface area contributed by atoms with Crippen molar-refractivity contribution in [1.29, 1.82) is 0 Å². The molecular formula is C17H23NO4. The number of hydrogen-bond acceptors (Lipinski definition) is 4. The number of rotatable bonds is 1. The maximum atomic E-state index is 12.1. The van der Waals surface area contributed by atoms with Crippen LogP contribution in [0.25, 0.3) is 0 Å². The van der Waals surface area contributed by atoms with E-state index < -0.39 is 5.79 Å². The summed E-state index contributed by atoms with van der Waals surface area (Å²) in [6.07, 6.45) is 6.30. The van der Waals surface area contributed by atoms with Crippen molar-refractivity contribution < 1.29 is 19.1 Å². The van der Waals surface area contributed by atoms with Gasteiger partial charge < -0.3 is 14.4 Å². The molecule has 0 radical (unpaired) electrons. The molecule has 1 unspecified atom stereocenters. The fourth-order valence-corrected chi connectivity index (χ4v) is 5.02. The molecule has 0 aliphatic carbocycles. The number of fused-ring (bicyclic) bond motifs is 3. The lowest BCUT2D eigenvalue weighted by molar-refractivity contribution is -0.204. The third kappa shape index (κ3) is 1.81. The Balaban J connectivity index is 1.72. The molecule has 0 N–H and O–H groups in total. The van der Waals surface area contributed by atoms with E-state index in [1.54, 1.807) is 6.92 Å². The van der Waals surface area contributed by atoms with Gasteiger partial charge in [0.05, 0.1) is 6.10 Å². The summed E-state index contributed by atoms with van der Waals surface area (Å²) in [5.41, 5.74) is 0.634. The maximum absolute atomic E-state index is 12.1. The second kappa shape index (κ2) is 4.82. The van der Waals surface area contributed by atoms with Crippen LogP contribution in [0.3, 0.4) is 0 Å². The fourth-order valence-electron chi connectivity index (χ4n) is 5.02. The zero-order chi connectivity index (χ0) is 15.5. The third-order valence-electron chi connectivity index (χ3n) is 5.88. The van der Waals surface area contributed by atoms with Crippen molar-refractivity contribution in [3.8, 4) is 0 Å². The normalized spacial score (nSPS) is 43.9. The van der Waals surface area contributed by atoms with Gasteiger partial charge in [0.1, 0.15) is 0 Å². The van der Waals surface area contributed by atoms with Crippen molar-refractivity contribution in [3.05, 3.63) is 11.6 Å². The van der Waals surface area contributed by atoms with Crippen LogP contribution in [0.1, 0.15) is 46.0 Å². The summed E-state index contributed by atoms with van der Waals surface area (Å²) in [5, 5.41) is 0. The molecule has 22 heavy (non-hydrogen) atoms. The minimum Gasteiger partial charge on any atom is -0.426 e. The Hall–Kier alpha value is -1.36. The van der Waals surface area contributed by atoms with Gasteiger partial charge in [0, 0.05) is 36.4 Å². The van der Waals surface area contributed by atoms with Crippen LogP contribution in [0, 0.1) is 11.8 Å². The van der Waals surface area contributed by atoms with E-state index in [-0.39, 0.29) is 35.9 Å². The van der Waals surface area contributed by atoms with Gasteiger partial charge in [-0.1, -0.05) is 6.92 Å². The molecule has 4 heterocycles. The van der Waals surface area contributed by atoms with E-state index >= 15 is 0 Å². The minimum absolute atomic E-state index is 0.0841. The van der Waals surface area contributed by atoms with Gasteiger partial charge in [-0.2, -0.15) is 0 Å². The summed E-state index contributed by atoms with van der Waals surface area (Å²) < 4.78 is 12.0. The van der Waals surface area contributed by atoms with Crippen LogP contribution in [0.4, 0.5) is 0 Å². The smallest absolute Gasteiger partial charge is 0.336 e. The highest BCUT2D eigenvalue weighted by atomic mass is 16.7. The van der Waals surface area contributed by atoms with Crippen molar-refractivity contribution in [3.63, 3.8) is 0 Å². The van der Waals surface area contributed by atoms with Crippen LogP contribution in [0.2, 0.25) is 0 Å². The highest BCUT2D eigenvalue weighted by molar-refractivity contribution is 5.90. The van der Waals surface area contributed by atoms with Gasteiger partial charge >= 0.3 is 5.97 Å². The summed E-state index contributed by atoms with van der Waals surface area (Å²) in [5.74, 6) is -0.477. The van der Waals surface area contributed by atoms with Gasteiger partial charge in [0.15, 0.2) is 0 Å². The lowest BCUT2D eigenvalue weighted by Crippen LogP contribution is -2.44. The van der Waals surface area contributed by atoms with Crippen molar-refractivity contribution >= 4 is 11.9 Å². The molecule has 5 heteroatoms. The molecule has 0 bridgehead atoms. The zero-order valence-electron chi connectivity index (χ0n) is 13.2. The molecule has 4 aliphatic rings. The highest BCUT2D eigenvalue weighted by Crippen LogP contribution is 2.53. The van der Waals surface area contributed by atoms with Crippen LogP contribution in [-0.2, 0) is 19.1 Å². The van der Waals surface area contributed by atoms with E-state index in [0.29, 0.717) is 12.0 Å². The molecule has 0 aromatic rings. The molecule has 3 fully saturated rings. The van der Waals surface area contributed by atoms with Gasteiger partial charge in [-0.15, -0.1) is 0 Å². The molecule has 0 saturated carbocycles. The molecule has 1 amide bonds. The Bertz CT molecular complexity index is 557. The van der Waals surface area contributed by atoms with Crippen molar-refractivity contribution in [2.45, 2.75) is 63.9 Å². The molecule has 5 nitrogen and oxygen atoms in total. The molecule has 120 valence electrons. The van der Waals surface area contributed by atoms with Gasteiger partial charge in [-0.05, 0) is 38.7 Å². The molecule has 0 aromatic heterocycles. The predicted octanol–water partition coefficient (Wildman–Crippen LogP) is 2.01. The molecule has 1 spiro atoms. The Kier molecular flexibility index (Phi) is 3.12. The number of carbonyl (C=O) groups excluding carboxylic acids is 2. The van der Waals surface area contributed by atoms with Gasteiger partial charge in [0.2, 0.25) is 11.7 Å². The average Bonchev–Trinajstić information content (AvgIpc) is 3.02. The van der Waals surface area contributed by atoms with Crippen LogP contribution in [-0.4, -0.2) is 41.3 Å². The van der Waals surface area contributed by atoms with Crippen molar-refractivity contribution in [1.82, 2.24) is 4.90 Å². The number of nitrogens with zero attached hydrogens (tertiary/aromatic N) is 1. The van der Waals surface area contributed by atoms with E-state index in [2.05, 4.69) is 11.8 Å². The lowest BCUT2D eigenvalue weighted by atomic mass is 9.77. The third-order valence-corrected chi connectivity index (χ3v) is 5.88. The van der Waals surface area contributed by atoms with Crippen LogP contribution >= 0.6 is 0 Å². The second-order valence-electron chi connectivity index (χ2n) is 7.02. The quantitative estimate of drug-likeness (QED) is 0.695. The number of carbonyl (C=O) groups is 2. The van der Waals surface area contributed by atoms with Gasteiger partial charge in [0.25, 0.3) is 0 Å². The largest absolute Gasteiger partial charge is 0.426 e. The van der Waals surface area contributed by atoms with Crippen LogP contribution < -0.4 is 0 Å². The highest BCUT2D eigenvalue weighted by Gasteiger charge is 2.61. The fraction of sp³-hybridized carbons (Fsp3) is 0.765. The summed E-state index contributed by atoms with van der Waals surface area (Å²) in [4.78, 5) is 26.1. The van der Waals surface area contributed by atoms with Crippen molar-refractivity contribution in [2.75, 3.05) is 6.54 Å². The Labute approximate surface area is 130 Å². The number of ether oxygens (including phenoxy) is 2. The monoisotopic (exact) mass is 305 g/mol. The molecule has 0 aromatic carbocycles. The second-order valence-corrected chi connectivity index (χ2v) is 7.02. The summed E-state index contributed by atoms with van der Waals surface area (Å²) in [7, 11) is 0. The first-order chi connectivity index (χ1) is 10.6. The summed E-state index contributed by atoms with van der Waals surface area (Å²) >= 11 is 0. The molecule has 4 rings (SSSR count). The van der Waals surface area contributed by atoms with Crippen molar-refractivity contribution in [2.24, 2.45) is 11.8 Å². The minimum atomic E-state index is -0.889. The Morgan fingerprint density at radius 1 is 1.36 bits per heavy atom. The number of hydrogen-bond donors (Lipinski definition) is 0. The number of esters is 1. The Morgan fingerprint density at radius 3 is 2.86 bits per heavy atom. The zero-order valence-corrected chi connectivity index (χ0v) is 13.2. The molecule has 5 atom stereocenters. The van der Waals surface area contributed by atoms with E-state index in [1.807, 2.05) is 6.08 Å². The standard InChI is InChI=1S/C17H23NO4/c1-3-11-15-12-6-7-14(19)18(12)8-4-5-13(15)21-17(11)9-10(2)16(20)22-17/h9,11-13,15H,3-8H2,1-2H3/t11?,12-,13+,15+,17-/m0/s1. The van der Waals surface area contributed by atoms with Gasteiger partial charge in [-0.3, -0.25) is 4.79 Å². The average molecular weight is 305 g/mol. The SMILES string of the molecule is CCC1[C@H]2[C@@H](CCCN3C(=O)CC[C@@H]23)O[C@]12C=C(C)C(=O)O2. The first-order valence-electron chi connectivity index (χ1n) is 8.46. The Morgan fingerprint density at radius 2 is 2.18 bits per heavy atom. The molecule has 3 saturated heterocycles. The van der Waals surface area contributed by atoms with Gasteiger partial charge in [-0.25, -0.2) is 4.79 Å². The topological polar surface area (TPSA) is 55.8 Å². The first-order valence-corrected chi connectivity index (χ1v) is 8.46. The van der Waals surface area contributed by atoms with E-state index in [0.717, 1.165) is 32.2 Å². The predicted molar refractivity (Wildman–Crippen MR) is 78.7 cm³/mol. The van der Waals surface area contributed by atoms with E-state index in [4.69, 9.17) is 9.47 Å².